The molecule has 3 aliphatic rings. The number of aromatic nitrogens is 2. The van der Waals surface area contributed by atoms with Crippen molar-refractivity contribution in [3.63, 3.8) is 0 Å². The molecule has 1 amide bonds. The van der Waals surface area contributed by atoms with Gasteiger partial charge in [0.2, 0.25) is 5.91 Å². The smallest absolute Gasteiger partial charge is 0.226 e. The van der Waals surface area contributed by atoms with E-state index in [4.69, 9.17) is 4.74 Å². The van der Waals surface area contributed by atoms with Crippen LogP contribution in [0.3, 0.4) is 0 Å². The van der Waals surface area contributed by atoms with Gasteiger partial charge >= 0.3 is 0 Å². The van der Waals surface area contributed by atoms with Gasteiger partial charge < -0.3 is 19.9 Å². The maximum absolute atomic E-state index is 13.4. The van der Waals surface area contributed by atoms with E-state index in [1.54, 1.807) is 0 Å². The average Bonchev–Trinajstić information content (AvgIpc) is 3.14. The number of likely N-dealkylation sites (tertiary alicyclic amines) is 1. The molecule has 0 spiro atoms. The highest BCUT2D eigenvalue weighted by atomic mass is 16.5. The van der Waals surface area contributed by atoms with Crippen LogP contribution in [-0.2, 0) is 16.6 Å². The van der Waals surface area contributed by atoms with Gasteiger partial charge in [0.05, 0.1) is 24.9 Å². The molecule has 3 aliphatic heterocycles. The summed E-state index contributed by atoms with van der Waals surface area (Å²) in [5.41, 5.74) is 1.10. The summed E-state index contributed by atoms with van der Waals surface area (Å²) >= 11 is 0. The number of amides is 1. The van der Waals surface area contributed by atoms with E-state index in [0.717, 1.165) is 51.1 Å². The van der Waals surface area contributed by atoms with Crippen molar-refractivity contribution in [1.82, 2.24) is 24.9 Å². The summed E-state index contributed by atoms with van der Waals surface area (Å²) in [7, 11) is 1.94. The Morgan fingerprint density at radius 1 is 1.22 bits per heavy atom. The predicted octanol–water partition coefficient (Wildman–Crippen LogP) is 1.17. The van der Waals surface area contributed by atoms with E-state index in [1.165, 1.54) is 19.3 Å². The van der Waals surface area contributed by atoms with Crippen LogP contribution in [0.5, 0.6) is 0 Å². The number of piperidine rings is 2. The van der Waals surface area contributed by atoms with Crippen molar-refractivity contribution >= 4 is 5.91 Å². The van der Waals surface area contributed by atoms with Crippen LogP contribution in [0.15, 0.2) is 12.4 Å². The van der Waals surface area contributed by atoms with Crippen LogP contribution in [0.2, 0.25) is 0 Å². The molecule has 4 rings (SSSR count). The molecule has 2 atom stereocenters. The highest BCUT2D eigenvalue weighted by Gasteiger charge is 2.40. The molecule has 1 aromatic heterocycles. The van der Waals surface area contributed by atoms with Crippen molar-refractivity contribution in [2.45, 2.75) is 44.2 Å². The number of aryl methyl sites for hydroxylation is 1. The topological polar surface area (TPSA) is 62.6 Å². The third-order valence-corrected chi connectivity index (χ3v) is 6.28. The summed E-state index contributed by atoms with van der Waals surface area (Å²) in [5.74, 6) is 0.441. The van der Waals surface area contributed by atoms with E-state index in [1.807, 2.05) is 24.1 Å². The lowest BCUT2D eigenvalue weighted by molar-refractivity contribution is -0.153. The number of ether oxygens (including phenoxy) is 1. The Hall–Kier alpha value is -1.44. The van der Waals surface area contributed by atoms with Crippen LogP contribution in [0, 0.1) is 5.92 Å². The SMILES string of the molecule is Cn1cc([C@H]2[C@H](CN3CCCCC3)OCCN2C(=O)C2CCNCC2)cn1. The Bertz CT molecular complexity index is 622. The Morgan fingerprint density at radius 3 is 2.70 bits per heavy atom. The van der Waals surface area contributed by atoms with Crippen LogP contribution < -0.4 is 5.32 Å². The molecule has 0 unspecified atom stereocenters. The number of carbonyl (C=O) groups excluding carboxylic acids is 1. The second kappa shape index (κ2) is 8.71. The van der Waals surface area contributed by atoms with Gasteiger partial charge in [-0.1, -0.05) is 6.42 Å². The lowest BCUT2D eigenvalue weighted by atomic mass is 9.93. The molecule has 0 radical (unpaired) electrons. The number of nitrogens with one attached hydrogen (secondary N) is 1. The summed E-state index contributed by atoms with van der Waals surface area (Å²) < 4.78 is 8.07. The van der Waals surface area contributed by atoms with Gasteiger partial charge in [0, 0.05) is 37.8 Å². The first-order valence-electron chi connectivity index (χ1n) is 10.6. The van der Waals surface area contributed by atoms with E-state index in [2.05, 4.69) is 20.2 Å². The average molecular weight is 376 g/mol. The number of carbonyl (C=O) groups is 1. The summed E-state index contributed by atoms with van der Waals surface area (Å²) in [6.45, 7) is 6.37. The summed E-state index contributed by atoms with van der Waals surface area (Å²) in [4.78, 5) is 18.0. The lowest BCUT2D eigenvalue weighted by Gasteiger charge is -2.44. The van der Waals surface area contributed by atoms with E-state index in [-0.39, 0.29) is 18.1 Å². The van der Waals surface area contributed by atoms with Gasteiger partial charge in [0.15, 0.2) is 0 Å². The van der Waals surface area contributed by atoms with Crippen LogP contribution in [0.1, 0.15) is 43.7 Å². The van der Waals surface area contributed by atoms with Gasteiger partial charge in [-0.05, 0) is 51.9 Å². The van der Waals surface area contributed by atoms with Crippen molar-refractivity contribution in [3.05, 3.63) is 18.0 Å². The number of rotatable bonds is 4. The monoisotopic (exact) mass is 375 g/mol. The molecule has 7 nitrogen and oxygen atoms in total. The van der Waals surface area contributed by atoms with Gasteiger partial charge in [0.1, 0.15) is 0 Å². The predicted molar refractivity (Wildman–Crippen MR) is 103 cm³/mol. The minimum Gasteiger partial charge on any atom is -0.373 e. The van der Waals surface area contributed by atoms with Crippen molar-refractivity contribution in [2.75, 3.05) is 45.9 Å². The summed E-state index contributed by atoms with van der Waals surface area (Å²) in [5, 5.41) is 7.75. The fraction of sp³-hybridized carbons (Fsp3) is 0.800. The molecule has 3 fully saturated rings. The van der Waals surface area contributed by atoms with E-state index in [0.29, 0.717) is 19.1 Å². The van der Waals surface area contributed by atoms with Gasteiger partial charge in [-0.25, -0.2) is 0 Å². The molecule has 150 valence electrons. The Kier molecular flexibility index (Phi) is 6.10. The normalized spacial score (nSPS) is 28.4. The maximum Gasteiger partial charge on any atom is 0.226 e. The molecule has 27 heavy (non-hydrogen) atoms. The Labute approximate surface area is 162 Å². The Balaban J connectivity index is 1.55. The van der Waals surface area contributed by atoms with Crippen molar-refractivity contribution < 1.29 is 9.53 Å². The van der Waals surface area contributed by atoms with Gasteiger partial charge in [0.25, 0.3) is 0 Å². The summed E-state index contributed by atoms with van der Waals surface area (Å²) in [6, 6.07) is -0.0308. The lowest BCUT2D eigenvalue weighted by Crippen LogP contribution is -2.54. The molecule has 4 heterocycles. The molecular weight excluding hydrogens is 342 g/mol. The third kappa shape index (κ3) is 4.36. The van der Waals surface area contributed by atoms with E-state index >= 15 is 0 Å². The molecule has 3 saturated heterocycles. The maximum atomic E-state index is 13.4. The van der Waals surface area contributed by atoms with Crippen LogP contribution in [-0.4, -0.2) is 77.5 Å². The highest BCUT2D eigenvalue weighted by Crippen LogP contribution is 2.33. The molecule has 0 bridgehead atoms. The number of hydrogen-bond acceptors (Lipinski definition) is 5. The standard InChI is InChI=1S/C20H33N5O2/c1-23-14-17(13-22-23)19-18(15-24-9-3-2-4-10-24)27-12-11-25(19)20(26)16-5-7-21-8-6-16/h13-14,16,18-19,21H,2-12,15H2,1H3/t18-,19-/m0/s1. The number of nitrogens with zero attached hydrogens (tertiary/aromatic N) is 4. The van der Waals surface area contributed by atoms with Crippen molar-refractivity contribution in [3.8, 4) is 0 Å². The zero-order valence-corrected chi connectivity index (χ0v) is 16.5. The largest absolute Gasteiger partial charge is 0.373 e. The second-order valence-corrected chi connectivity index (χ2v) is 8.22. The minimum atomic E-state index is -0.0308. The minimum absolute atomic E-state index is 0.0201. The molecule has 0 aliphatic carbocycles. The molecule has 0 saturated carbocycles. The molecule has 1 N–H and O–H groups in total. The van der Waals surface area contributed by atoms with Crippen molar-refractivity contribution in [1.29, 1.82) is 0 Å². The fourth-order valence-corrected chi connectivity index (χ4v) is 4.82. The van der Waals surface area contributed by atoms with Crippen LogP contribution in [0.25, 0.3) is 0 Å². The molecule has 0 aromatic carbocycles. The quantitative estimate of drug-likeness (QED) is 0.856. The fourth-order valence-electron chi connectivity index (χ4n) is 4.82. The number of hydrogen-bond donors (Lipinski definition) is 1. The first-order chi connectivity index (χ1) is 13.2. The third-order valence-electron chi connectivity index (χ3n) is 6.28. The van der Waals surface area contributed by atoms with Crippen LogP contribution in [0.4, 0.5) is 0 Å². The highest BCUT2D eigenvalue weighted by molar-refractivity contribution is 5.79. The second-order valence-electron chi connectivity index (χ2n) is 8.22. The molecule has 7 heteroatoms. The summed E-state index contributed by atoms with van der Waals surface area (Å²) in [6.07, 6.45) is 9.71. The van der Waals surface area contributed by atoms with Gasteiger partial charge in [-0.2, -0.15) is 5.10 Å². The van der Waals surface area contributed by atoms with Gasteiger partial charge in [-0.15, -0.1) is 0 Å². The zero-order valence-electron chi connectivity index (χ0n) is 16.5. The molecule has 1 aromatic rings. The van der Waals surface area contributed by atoms with Crippen molar-refractivity contribution in [2.24, 2.45) is 13.0 Å². The number of morpholine rings is 1. The molecular formula is C20H33N5O2. The van der Waals surface area contributed by atoms with E-state index in [9.17, 15) is 4.79 Å². The Morgan fingerprint density at radius 2 is 2.00 bits per heavy atom. The van der Waals surface area contributed by atoms with E-state index < -0.39 is 0 Å². The zero-order chi connectivity index (χ0) is 18.6. The first kappa shape index (κ1) is 18.9. The van der Waals surface area contributed by atoms with Crippen LogP contribution >= 0.6 is 0 Å². The van der Waals surface area contributed by atoms with Gasteiger partial charge in [-0.3, -0.25) is 9.48 Å². The first-order valence-corrected chi connectivity index (χ1v) is 10.6.